The molecule has 1 saturated carbocycles. The van der Waals surface area contributed by atoms with Gasteiger partial charge in [-0.05, 0) is 52.5 Å². The molecule has 2 fully saturated rings. The summed E-state index contributed by atoms with van der Waals surface area (Å²) in [6.07, 6.45) is 1.96. The van der Waals surface area contributed by atoms with E-state index in [0.717, 1.165) is 25.1 Å². The molecule has 0 bridgehead atoms. The summed E-state index contributed by atoms with van der Waals surface area (Å²) in [5, 5.41) is 8.11. The van der Waals surface area contributed by atoms with Crippen molar-refractivity contribution in [1.82, 2.24) is 15.1 Å². The van der Waals surface area contributed by atoms with E-state index in [-0.39, 0.29) is 12.2 Å². The van der Waals surface area contributed by atoms with E-state index in [1.165, 1.54) is 0 Å². The van der Waals surface area contributed by atoms with E-state index >= 15 is 0 Å². The number of carbonyl (C=O) groups is 1. The van der Waals surface area contributed by atoms with Gasteiger partial charge in [0.2, 0.25) is 5.88 Å². The highest BCUT2D eigenvalue weighted by Crippen LogP contribution is 2.40. The molecule has 0 radical (unpaired) electrons. The van der Waals surface area contributed by atoms with Gasteiger partial charge in [0, 0.05) is 25.1 Å². The molecule has 1 amide bonds. The predicted molar refractivity (Wildman–Crippen MR) is 85.2 cm³/mol. The maximum Gasteiger partial charge on any atom is 0.410 e. The Balaban J connectivity index is 1.60. The Morgan fingerprint density at radius 1 is 1.22 bits per heavy atom. The van der Waals surface area contributed by atoms with Gasteiger partial charge in [-0.2, -0.15) is 5.10 Å². The van der Waals surface area contributed by atoms with E-state index in [4.69, 9.17) is 9.47 Å². The van der Waals surface area contributed by atoms with Gasteiger partial charge in [0.15, 0.2) is 0 Å². The zero-order chi connectivity index (χ0) is 16.6. The Kier molecular flexibility index (Phi) is 4.17. The predicted octanol–water partition coefficient (Wildman–Crippen LogP) is 2.81. The van der Waals surface area contributed by atoms with Crippen molar-refractivity contribution < 1.29 is 14.3 Å². The number of rotatable bonds is 2. The van der Waals surface area contributed by atoms with Crippen LogP contribution in [-0.4, -0.2) is 46.0 Å². The Labute approximate surface area is 137 Å². The minimum Gasteiger partial charge on any atom is -0.473 e. The third-order valence-corrected chi connectivity index (χ3v) is 4.49. The first-order chi connectivity index (χ1) is 10.8. The molecule has 6 heteroatoms. The van der Waals surface area contributed by atoms with Crippen LogP contribution in [0.15, 0.2) is 12.1 Å². The fraction of sp³-hybridized carbons (Fsp3) is 0.706. The lowest BCUT2D eigenvalue weighted by molar-refractivity contribution is 0.0267. The number of carbonyl (C=O) groups excluding carboxylic acids is 1. The standard InChI is InChI=1S/C17H25N3O3/c1-11-5-8-15(19-18-11)22-14-7-6-12-9-20(10-13(12)14)16(21)23-17(2,3)4/h5,8,12-14H,6-7,9-10H2,1-4H3. The summed E-state index contributed by atoms with van der Waals surface area (Å²) in [4.78, 5) is 14.1. The van der Waals surface area contributed by atoms with Gasteiger partial charge < -0.3 is 14.4 Å². The van der Waals surface area contributed by atoms with Crippen LogP contribution in [0.3, 0.4) is 0 Å². The van der Waals surface area contributed by atoms with Gasteiger partial charge in [-0.3, -0.25) is 0 Å². The molecule has 0 spiro atoms. The van der Waals surface area contributed by atoms with E-state index in [1.807, 2.05) is 44.7 Å². The van der Waals surface area contributed by atoms with Crippen molar-refractivity contribution in [3.05, 3.63) is 17.8 Å². The summed E-state index contributed by atoms with van der Waals surface area (Å²) >= 11 is 0. The average molecular weight is 319 g/mol. The van der Waals surface area contributed by atoms with Gasteiger partial charge >= 0.3 is 6.09 Å². The number of aryl methyl sites for hydroxylation is 1. The van der Waals surface area contributed by atoms with Crippen molar-refractivity contribution in [2.24, 2.45) is 11.8 Å². The Morgan fingerprint density at radius 3 is 2.65 bits per heavy atom. The number of likely N-dealkylation sites (tertiary alicyclic amines) is 1. The van der Waals surface area contributed by atoms with Gasteiger partial charge in [-0.25, -0.2) is 4.79 Å². The number of fused-ring (bicyclic) bond motifs is 1. The third kappa shape index (κ3) is 3.74. The summed E-state index contributed by atoms with van der Waals surface area (Å²) in [5.41, 5.74) is 0.418. The molecule has 0 aromatic carbocycles. The summed E-state index contributed by atoms with van der Waals surface area (Å²) in [6, 6.07) is 3.76. The van der Waals surface area contributed by atoms with Crippen LogP contribution in [-0.2, 0) is 4.74 Å². The molecular weight excluding hydrogens is 294 g/mol. The average Bonchev–Trinajstić information content (AvgIpc) is 3.01. The molecule has 3 unspecified atom stereocenters. The second kappa shape index (κ2) is 5.98. The topological polar surface area (TPSA) is 64.5 Å². The van der Waals surface area contributed by atoms with Crippen molar-refractivity contribution in [2.75, 3.05) is 13.1 Å². The van der Waals surface area contributed by atoms with Gasteiger partial charge in [-0.1, -0.05) is 0 Å². The smallest absolute Gasteiger partial charge is 0.410 e. The molecular formula is C17H25N3O3. The number of hydrogen-bond acceptors (Lipinski definition) is 5. The van der Waals surface area contributed by atoms with E-state index in [9.17, 15) is 4.79 Å². The third-order valence-electron chi connectivity index (χ3n) is 4.49. The molecule has 3 atom stereocenters. The second-order valence-corrected chi connectivity index (χ2v) is 7.56. The van der Waals surface area contributed by atoms with Gasteiger partial charge in [0.1, 0.15) is 11.7 Å². The minimum absolute atomic E-state index is 0.101. The maximum atomic E-state index is 12.2. The molecule has 0 N–H and O–H groups in total. The molecule has 1 aliphatic carbocycles. The van der Waals surface area contributed by atoms with Crippen LogP contribution in [0.4, 0.5) is 4.79 Å². The highest BCUT2D eigenvalue weighted by Gasteiger charge is 2.46. The number of nitrogens with zero attached hydrogens (tertiary/aromatic N) is 3. The molecule has 1 aromatic rings. The first-order valence-electron chi connectivity index (χ1n) is 8.27. The second-order valence-electron chi connectivity index (χ2n) is 7.56. The summed E-state index contributed by atoms with van der Waals surface area (Å²) in [7, 11) is 0. The van der Waals surface area contributed by atoms with Crippen LogP contribution >= 0.6 is 0 Å². The molecule has 23 heavy (non-hydrogen) atoms. The fourth-order valence-electron chi connectivity index (χ4n) is 3.44. The number of ether oxygens (including phenoxy) is 2. The van der Waals surface area contributed by atoms with E-state index in [0.29, 0.717) is 24.3 Å². The molecule has 1 aromatic heterocycles. The lowest BCUT2D eigenvalue weighted by Crippen LogP contribution is -2.37. The number of amides is 1. The Hall–Kier alpha value is -1.85. The molecule has 1 aliphatic heterocycles. The fourth-order valence-corrected chi connectivity index (χ4v) is 3.44. The summed E-state index contributed by atoms with van der Waals surface area (Å²) < 4.78 is 11.5. The van der Waals surface area contributed by atoms with Gasteiger partial charge in [-0.15, -0.1) is 5.10 Å². The van der Waals surface area contributed by atoms with Crippen LogP contribution in [0.2, 0.25) is 0 Å². The van der Waals surface area contributed by atoms with Crippen molar-refractivity contribution in [3.8, 4) is 5.88 Å². The quantitative estimate of drug-likeness (QED) is 0.838. The van der Waals surface area contributed by atoms with Crippen molar-refractivity contribution in [1.29, 1.82) is 0 Å². The molecule has 6 nitrogen and oxygen atoms in total. The Bertz CT molecular complexity index is 567. The maximum absolute atomic E-state index is 12.2. The van der Waals surface area contributed by atoms with Crippen LogP contribution < -0.4 is 4.74 Å². The lowest BCUT2D eigenvalue weighted by Gasteiger charge is -2.25. The molecule has 126 valence electrons. The van der Waals surface area contributed by atoms with E-state index < -0.39 is 5.60 Å². The number of hydrogen-bond donors (Lipinski definition) is 0. The molecule has 2 heterocycles. The largest absolute Gasteiger partial charge is 0.473 e. The first kappa shape index (κ1) is 16.0. The van der Waals surface area contributed by atoms with Gasteiger partial charge in [0.05, 0.1) is 5.69 Å². The van der Waals surface area contributed by atoms with Gasteiger partial charge in [0.25, 0.3) is 0 Å². The first-order valence-corrected chi connectivity index (χ1v) is 8.27. The van der Waals surface area contributed by atoms with Crippen LogP contribution in [0, 0.1) is 18.8 Å². The monoisotopic (exact) mass is 319 g/mol. The van der Waals surface area contributed by atoms with E-state index in [2.05, 4.69) is 10.2 Å². The zero-order valence-electron chi connectivity index (χ0n) is 14.3. The summed E-state index contributed by atoms with van der Waals surface area (Å²) in [6.45, 7) is 9.04. The lowest BCUT2D eigenvalue weighted by atomic mass is 9.99. The van der Waals surface area contributed by atoms with Crippen molar-refractivity contribution in [3.63, 3.8) is 0 Å². The molecule has 1 saturated heterocycles. The van der Waals surface area contributed by atoms with Crippen LogP contribution in [0.25, 0.3) is 0 Å². The minimum atomic E-state index is -0.456. The molecule has 2 aliphatic rings. The normalized spacial score (nSPS) is 27.0. The van der Waals surface area contributed by atoms with Crippen LogP contribution in [0.5, 0.6) is 5.88 Å². The highest BCUT2D eigenvalue weighted by molar-refractivity contribution is 5.68. The van der Waals surface area contributed by atoms with Crippen molar-refractivity contribution in [2.45, 2.75) is 52.2 Å². The molecule has 3 rings (SSSR count). The highest BCUT2D eigenvalue weighted by atomic mass is 16.6. The van der Waals surface area contributed by atoms with E-state index in [1.54, 1.807) is 0 Å². The number of aromatic nitrogens is 2. The van der Waals surface area contributed by atoms with Crippen molar-refractivity contribution >= 4 is 6.09 Å². The van der Waals surface area contributed by atoms with Crippen LogP contribution in [0.1, 0.15) is 39.3 Å². The Morgan fingerprint density at radius 2 is 2.00 bits per heavy atom. The zero-order valence-corrected chi connectivity index (χ0v) is 14.3. The SMILES string of the molecule is Cc1ccc(OC2CCC3CN(C(=O)OC(C)(C)C)CC32)nn1. The summed E-state index contributed by atoms with van der Waals surface area (Å²) in [5.74, 6) is 1.41.